The first kappa shape index (κ1) is 23.0. The molecule has 1 aromatic carbocycles. The number of benzene rings is 1. The molecular formula is C19H27F3N4O3. The second-order valence-corrected chi connectivity index (χ2v) is 6.96. The molecular weight excluding hydrogens is 389 g/mol. The van der Waals surface area contributed by atoms with Crippen LogP contribution in [0.2, 0.25) is 0 Å². The highest BCUT2D eigenvalue weighted by molar-refractivity contribution is 5.94. The monoisotopic (exact) mass is 416 g/mol. The van der Waals surface area contributed by atoms with Gasteiger partial charge in [0.2, 0.25) is 0 Å². The number of alkyl halides is 3. The first-order valence-electron chi connectivity index (χ1n) is 9.38. The summed E-state index contributed by atoms with van der Waals surface area (Å²) in [5.74, 6) is 0.103. The zero-order valence-electron chi connectivity index (χ0n) is 16.3. The third kappa shape index (κ3) is 6.90. The number of aliphatic hydroxyl groups excluding tert-OH is 1. The summed E-state index contributed by atoms with van der Waals surface area (Å²) in [7, 11) is 1.62. The molecule has 1 amide bonds. The van der Waals surface area contributed by atoms with Gasteiger partial charge in [-0.15, -0.1) is 0 Å². The van der Waals surface area contributed by atoms with Crippen LogP contribution in [0.25, 0.3) is 0 Å². The van der Waals surface area contributed by atoms with Gasteiger partial charge in [-0.2, -0.15) is 13.2 Å². The van der Waals surface area contributed by atoms with Crippen molar-refractivity contribution in [1.82, 2.24) is 16.0 Å². The molecule has 4 N–H and O–H groups in total. The first-order valence-corrected chi connectivity index (χ1v) is 9.38. The number of carbonyl (C=O) groups excluding carboxylic acids is 1. The first-order chi connectivity index (χ1) is 13.8. The molecule has 1 aliphatic rings. The van der Waals surface area contributed by atoms with Crippen molar-refractivity contribution in [2.24, 2.45) is 10.4 Å². The summed E-state index contributed by atoms with van der Waals surface area (Å²) in [6.07, 6.45) is -2.93. The van der Waals surface area contributed by atoms with Gasteiger partial charge >= 0.3 is 6.18 Å². The summed E-state index contributed by atoms with van der Waals surface area (Å²) in [5.41, 5.74) is -0.756. The Bertz CT molecular complexity index is 687. The Hall–Kier alpha value is -2.33. The van der Waals surface area contributed by atoms with Gasteiger partial charge in [-0.3, -0.25) is 9.79 Å². The average Bonchev–Trinajstić information content (AvgIpc) is 3.15. The van der Waals surface area contributed by atoms with Gasteiger partial charge in [-0.05, 0) is 37.1 Å². The standard InChI is InChI=1S/C19H27F3N4O3/c1-23-17(26-12-18(6-10-27)7-11-29-13-18)25-9-8-24-16(28)14-2-4-15(5-3-14)19(20,21)22/h2-5,27H,6-13H2,1H3,(H,24,28)(H2,23,25,26). The van der Waals surface area contributed by atoms with E-state index in [1.807, 2.05) is 0 Å². The fraction of sp³-hybridized carbons (Fsp3) is 0.579. The lowest BCUT2D eigenvalue weighted by molar-refractivity contribution is -0.137. The molecule has 0 bridgehead atoms. The Balaban J connectivity index is 1.73. The van der Waals surface area contributed by atoms with Crippen molar-refractivity contribution in [3.8, 4) is 0 Å². The van der Waals surface area contributed by atoms with Crippen molar-refractivity contribution in [2.75, 3.05) is 46.5 Å². The van der Waals surface area contributed by atoms with Crippen LogP contribution in [0.5, 0.6) is 0 Å². The van der Waals surface area contributed by atoms with E-state index >= 15 is 0 Å². The molecule has 10 heteroatoms. The van der Waals surface area contributed by atoms with E-state index in [4.69, 9.17) is 4.74 Å². The lowest BCUT2D eigenvalue weighted by Gasteiger charge is -2.27. The van der Waals surface area contributed by atoms with Crippen LogP contribution in [-0.2, 0) is 10.9 Å². The number of amides is 1. The number of aliphatic hydroxyl groups is 1. The molecule has 0 radical (unpaired) electrons. The van der Waals surface area contributed by atoms with Crippen molar-refractivity contribution in [3.63, 3.8) is 0 Å². The van der Waals surface area contributed by atoms with Gasteiger partial charge in [0, 0.05) is 50.9 Å². The molecule has 162 valence electrons. The largest absolute Gasteiger partial charge is 0.416 e. The van der Waals surface area contributed by atoms with Crippen molar-refractivity contribution in [3.05, 3.63) is 35.4 Å². The molecule has 1 fully saturated rings. The summed E-state index contributed by atoms with van der Waals surface area (Å²) < 4.78 is 43.1. The maximum absolute atomic E-state index is 12.6. The second-order valence-electron chi connectivity index (χ2n) is 6.96. The zero-order chi connectivity index (χ0) is 21.3. The number of rotatable bonds is 8. The van der Waals surface area contributed by atoms with Crippen LogP contribution in [0.1, 0.15) is 28.8 Å². The van der Waals surface area contributed by atoms with E-state index in [0.717, 1.165) is 30.7 Å². The number of guanidine groups is 1. The molecule has 0 aliphatic carbocycles. The fourth-order valence-corrected chi connectivity index (χ4v) is 3.07. The molecule has 1 atom stereocenters. The van der Waals surface area contributed by atoms with Crippen molar-refractivity contribution in [1.29, 1.82) is 0 Å². The molecule has 1 aromatic rings. The van der Waals surface area contributed by atoms with Crippen molar-refractivity contribution < 1.29 is 27.8 Å². The maximum atomic E-state index is 12.6. The number of aliphatic imine (C=N–C) groups is 1. The van der Waals surface area contributed by atoms with Gasteiger partial charge in [0.1, 0.15) is 0 Å². The van der Waals surface area contributed by atoms with E-state index in [2.05, 4.69) is 20.9 Å². The third-order valence-electron chi connectivity index (χ3n) is 4.86. The smallest absolute Gasteiger partial charge is 0.396 e. The number of nitrogens with zero attached hydrogens (tertiary/aromatic N) is 1. The Morgan fingerprint density at radius 2 is 1.90 bits per heavy atom. The van der Waals surface area contributed by atoms with Gasteiger partial charge in [0.05, 0.1) is 12.2 Å². The third-order valence-corrected chi connectivity index (χ3v) is 4.86. The van der Waals surface area contributed by atoms with Crippen LogP contribution >= 0.6 is 0 Å². The number of halogens is 3. The molecule has 29 heavy (non-hydrogen) atoms. The summed E-state index contributed by atoms with van der Waals surface area (Å²) in [4.78, 5) is 16.1. The lowest BCUT2D eigenvalue weighted by atomic mass is 9.84. The number of nitrogens with one attached hydrogen (secondary N) is 3. The molecule has 1 saturated heterocycles. The molecule has 1 aliphatic heterocycles. The zero-order valence-corrected chi connectivity index (χ0v) is 16.3. The number of hydrogen-bond acceptors (Lipinski definition) is 4. The minimum Gasteiger partial charge on any atom is -0.396 e. The van der Waals surface area contributed by atoms with Crippen LogP contribution in [0.3, 0.4) is 0 Å². The Labute approximate surface area is 167 Å². The number of carbonyl (C=O) groups is 1. The molecule has 1 heterocycles. The fourth-order valence-electron chi connectivity index (χ4n) is 3.07. The summed E-state index contributed by atoms with van der Waals surface area (Å²) in [6, 6.07) is 4.06. The van der Waals surface area contributed by atoms with Gasteiger partial charge in [-0.1, -0.05) is 0 Å². The van der Waals surface area contributed by atoms with E-state index in [1.165, 1.54) is 0 Å². The Morgan fingerprint density at radius 1 is 1.21 bits per heavy atom. The SMILES string of the molecule is CN=C(NCCNC(=O)c1ccc(C(F)(F)F)cc1)NCC1(CCO)CCOC1. The van der Waals surface area contributed by atoms with Crippen LogP contribution in [-0.4, -0.2) is 63.5 Å². The van der Waals surface area contributed by atoms with Crippen molar-refractivity contribution in [2.45, 2.75) is 19.0 Å². The van der Waals surface area contributed by atoms with Crippen LogP contribution in [0.4, 0.5) is 13.2 Å². The van der Waals surface area contributed by atoms with E-state index in [-0.39, 0.29) is 24.1 Å². The molecule has 0 spiro atoms. The maximum Gasteiger partial charge on any atom is 0.416 e. The van der Waals surface area contributed by atoms with E-state index < -0.39 is 17.6 Å². The van der Waals surface area contributed by atoms with Crippen LogP contribution in [0, 0.1) is 5.41 Å². The normalized spacial score (nSPS) is 19.8. The minimum absolute atomic E-state index is 0.0903. The number of hydrogen-bond donors (Lipinski definition) is 4. The summed E-state index contributed by atoms with van der Waals surface area (Å²) in [6.45, 7) is 2.60. The van der Waals surface area contributed by atoms with E-state index in [0.29, 0.717) is 38.7 Å². The van der Waals surface area contributed by atoms with Crippen molar-refractivity contribution >= 4 is 11.9 Å². The highest BCUT2D eigenvalue weighted by atomic mass is 19.4. The predicted octanol–water partition coefficient (Wildman–Crippen LogP) is 1.39. The lowest BCUT2D eigenvalue weighted by Crippen LogP contribution is -2.46. The Morgan fingerprint density at radius 3 is 2.45 bits per heavy atom. The van der Waals surface area contributed by atoms with Crippen LogP contribution < -0.4 is 16.0 Å². The quantitative estimate of drug-likeness (QED) is 0.292. The van der Waals surface area contributed by atoms with E-state index in [1.54, 1.807) is 7.05 Å². The molecule has 0 aromatic heterocycles. The second kappa shape index (κ2) is 10.4. The average molecular weight is 416 g/mol. The van der Waals surface area contributed by atoms with Gasteiger partial charge in [-0.25, -0.2) is 0 Å². The van der Waals surface area contributed by atoms with Gasteiger partial charge < -0.3 is 25.8 Å². The van der Waals surface area contributed by atoms with Gasteiger partial charge in [0.15, 0.2) is 5.96 Å². The number of ether oxygens (including phenoxy) is 1. The summed E-state index contributed by atoms with van der Waals surface area (Å²) >= 11 is 0. The minimum atomic E-state index is -4.43. The Kier molecular flexibility index (Phi) is 8.27. The van der Waals surface area contributed by atoms with Gasteiger partial charge in [0.25, 0.3) is 5.91 Å². The predicted molar refractivity (Wildman–Crippen MR) is 103 cm³/mol. The molecule has 1 unspecified atom stereocenters. The van der Waals surface area contributed by atoms with Crippen LogP contribution in [0.15, 0.2) is 29.3 Å². The topological polar surface area (TPSA) is 95.0 Å². The molecule has 7 nitrogen and oxygen atoms in total. The highest BCUT2D eigenvalue weighted by Crippen LogP contribution is 2.31. The van der Waals surface area contributed by atoms with E-state index in [9.17, 15) is 23.1 Å². The summed E-state index contributed by atoms with van der Waals surface area (Å²) in [5, 5.41) is 18.2. The molecule has 0 saturated carbocycles. The highest BCUT2D eigenvalue weighted by Gasteiger charge is 2.34. The molecule has 2 rings (SSSR count).